The van der Waals surface area contributed by atoms with Crippen molar-refractivity contribution in [3.63, 3.8) is 0 Å². The maximum atomic E-state index is 4.60. The van der Waals surface area contributed by atoms with E-state index in [-0.39, 0.29) is 0 Å². The summed E-state index contributed by atoms with van der Waals surface area (Å²) in [6, 6.07) is 0. The molecule has 0 unspecified atom stereocenters. The maximum Gasteiger partial charge on any atom is 0.214 e. The van der Waals surface area contributed by atoms with Gasteiger partial charge in [0.05, 0.1) is 18.4 Å². The van der Waals surface area contributed by atoms with Crippen molar-refractivity contribution in [1.29, 1.82) is 0 Å². The summed E-state index contributed by atoms with van der Waals surface area (Å²) in [7, 11) is 0. The molecule has 20 heavy (non-hydrogen) atoms. The number of aromatic nitrogens is 6. The summed E-state index contributed by atoms with van der Waals surface area (Å²) in [5, 5.41) is 14.1. The molecule has 0 radical (unpaired) electrons. The van der Waals surface area contributed by atoms with Gasteiger partial charge in [-0.3, -0.25) is 0 Å². The third kappa shape index (κ3) is 1.71. The highest BCUT2D eigenvalue weighted by Crippen LogP contribution is 2.26. The van der Waals surface area contributed by atoms with E-state index in [4.69, 9.17) is 0 Å². The third-order valence-corrected chi connectivity index (χ3v) is 4.55. The van der Waals surface area contributed by atoms with Gasteiger partial charge in [0.15, 0.2) is 5.82 Å². The normalized spacial score (nSPS) is 15.0. The molecule has 1 aliphatic rings. The van der Waals surface area contributed by atoms with E-state index in [1.54, 1.807) is 11.3 Å². The fraction of sp³-hybridized carbons (Fsp3) is 0.500. The Bertz CT molecular complexity index is 737. The van der Waals surface area contributed by atoms with Gasteiger partial charge in [-0.1, -0.05) is 18.3 Å². The molecule has 0 fully saturated rings. The van der Waals surface area contributed by atoms with Crippen molar-refractivity contribution in [2.45, 2.75) is 33.4 Å². The Morgan fingerprint density at radius 1 is 1.30 bits per heavy atom. The molecule has 3 aromatic heterocycles. The van der Waals surface area contributed by atoms with Gasteiger partial charge in [0.25, 0.3) is 0 Å². The fourth-order valence-electron chi connectivity index (χ4n) is 2.57. The van der Waals surface area contributed by atoms with Gasteiger partial charge >= 0.3 is 0 Å². The molecule has 7 nitrogen and oxygen atoms in total. The zero-order chi connectivity index (χ0) is 13.7. The van der Waals surface area contributed by atoms with Crippen LogP contribution in [0.1, 0.15) is 24.3 Å². The molecular weight excluding hydrogens is 274 g/mol. The van der Waals surface area contributed by atoms with E-state index in [0.29, 0.717) is 0 Å². The van der Waals surface area contributed by atoms with Gasteiger partial charge in [-0.15, -0.1) is 15.3 Å². The lowest BCUT2D eigenvalue weighted by molar-refractivity contribution is 0.542. The molecule has 8 heteroatoms. The van der Waals surface area contributed by atoms with E-state index in [1.165, 1.54) is 0 Å². The molecule has 4 heterocycles. The van der Waals surface area contributed by atoms with E-state index in [1.807, 2.05) is 17.6 Å². The molecule has 0 saturated heterocycles. The molecule has 0 saturated carbocycles. The predicted molar refractivity (Wildman–Crippen MR) is 76.1 cm³/mol. The van der Waals surface area contributed by atoms with Crippen LogP contribution in [0.5, 0.6) is 0 Å². The van der Waals surface area contributed by atoms with Gasteiger partial charge in [-0.2, -0.15) is 0 Å². The summed E-state index contributed by atoms with van der Waals surface area (Å²) in [6.45, 7) is 6.72. The standard InChI is InChI=1S/C12H15N7S/c1-3-9-14-15-10-7-17(4-5-18(9)10)12-16-19-6-8(2)13-11(19)20-12/h6H,3-5,7H2,1-2H3. The van der Waals surface area contributed by atoms with Crippen LogP contribution < -0.4 is 4.90 Å². The van der Waals surface area contributed by atoms with Crippen molar-refractivity contribution in [3.05, 3.63) is 23.5 Å². The van der Waals surface area contributed by atoms with Crippen molar-refractivity contribution < 1.29 is 0 Å². The Morgan fingerprint density at radius 2 is 2.20 bits per heavy atom. The number of anilines is 1. The van der Waals surface area contributed by atoms with E-state index >= 15 is 0 Å². The molecule has 0 aliphatic carbocycles. The van der Waals surface area contributed by atoms with Gasteiger partial charge in [-0.25, -0.2) is 9.50 Å². The van der Waals surface area contributed by atoms with Crippen LogP contribution in [0, 0.1) is 6.92 Å². The zero-order valence-corrected chi connectivity index (χ0v) is 12.3. The lowest BCUT2D eigenvalue weighted by Crippen LogP contribution is -2.34. The molecule has 0 atom stereocenters. The Labute approximate surface area is 119 Å². The maximum absolute atomic E-state index is 4.60. The molecule has 0 aromatic carbocycles. The highest BCUT2D eigenvalue weighted by atomic mass is 32.1. The van der Waals surface area contributed by atoms with Crippen LogP contribution in [0.4, 0.5) is 5.13 Å². The van der Waals surface area contributed by atoms with Gasteiger partial charge in [0, 0.05) is 19.5 Å². The average Bonchev–Trinajstić information content (AvgIpc) is 3.09. The van der Waals surface area contributed by atoms with Gasteiger partial charge in [0.2, 0.25) is 10.1 Å². The summed E-state index contributed by atoms with van der Waals surface area (Å²) in [5.74, 6) is 2.10. The average molecular weight is 289 g/mol. The summed E-state index contributed by atoms with van der Waals surface area (Å²) in [4.78, 5) is 7.64. The van der Waals surface area contributed by atoms with Crippen molar-refractivity contribution >= 4 is 21.4 Å². The second kappa shape index (κ2) is 4.27. The minimum absolute atomic E-state index is 0.767. The molecule has 0 N–H and O–H groups in total. The first-order valence-corrected chi connectivity index (χ1v) is 7.55. The van der Waals surface area contributed by atoms with Crippen LogP contribution in [0.2, 0.25) is 0 Å². The lowest BCUT2D eigenvalue weighted by atomic mass is 10.3. The van der Waals surface area contributed by atoms with Crippen LogP contribution in [0.3, 0.4) is 0 Å². The van der Waals surface area contributed by atoms with Crippen LogP contribution in [0.25, 0.3) is 4.96 Å². The topological polar surface area (TPSA) is 64.1 Å². The molecule has 104 valence electrons. The SMILES string of the molecule is CCc1nnc2n1CCN(c1nn3cc(C)nc3s1)C2. The van der Waals surface area contributed by atoms with Gasteiger partial charge in [0.1, 0.15) is 5.82 Å². The van der Waals surface area contributed by atoms with Crippen molar-refractivity contribution in [3.8, 4) is 0 Å². The van der Waals surface area contributed by atoms with E-state index < -0.39 is 0 Å². The van der Waals surface area contributed by atoms with Crippen LogP contribution in [-0.4, -0.2) is 35.9 Å². The second-order valence-electron chi connectivity index (χ2n) is 4.95. The van der Waals surface area contributed by atoms with Crippen molar-refractivity contribution in [2.75, 3.05) is 11.4 Å². The van der Waals surface area contributed by atoms with Crippen molar-refractivity contribution in [2.24, 2.45) is 0 Å². The number of hydrogen-bond donors (Lipinski definition) is 0. The van der Waals surface area contributed by atoms with Crippen LogP contribution in [0.15, 0.2) is 6.20 Å². The Kier molecular flexibility index (Phi) is 2.53. The quantitative estimate of drug-likeness (QED) is 0.711. The van der Waals surface area contributed by atoms with Crippen LogP contribution in [-0.2, 0) is 19.5 Å². The van der Waals surface area contributed by atoms with Crippen LogP contribution >= 0.6 is 11.3 Å². The summed E-state index contributed by atoms with van der Waals surface area (Å²) in [6.07, 6.45) is 2.88. The molecule has 0 amide bonds. The first-order valence-electron chi connectivity index (χ1n) is 6.73. The number of imidazole rings is 1. The number of hydrogen-bond acceptors (Lipinski definition) is 6. The minimum Gasteiger partial charge on any atom is -0.337 e. The van der Waals surface area contributed by atoms with Gasteiger partial charge < -0.3 is 9.47 Å². The largest absolute Gasteiger partial charge is 0.337 e. The molecule has 0 spiro atoms. The summed E-state index contributed by atoms with van der Waals surface area (Å²) >= 11 is 1.62. The molecule has 3 aromatic rings. The number of nitrogens with zero attached hydrogens (tertiary/aromatic N) is 7. The predicted octanol–water partition coefficient (Wildman–Crippen LogP) is 1.27. The molecule has 0 bridgehead atoms. The molecular formula is C12H15N7S. The van der Waals surface area contributed by atoms with E-state index in [2.05, 4.69) is 36.7 Å². The fourth-order valence-corrected chi connectivity index (χ4v) is 3.52. The first-order chi connectivity index (χ1) is 9.74. The molecule has 4 rings (SSSR count). The van der Waals surface area contributed by atoms with E-state index in [0.717, 1.165) is 53.5 Å². The Balaban J connectivity index is 1.65. The van der Waals surface area contributed by atoms with Crippen molar-refractivity contribution in [1.82, 2.24) is 29.4 Å². The zero-order valence-electron chi connectivity index (χ0n) is 11.4. The monoisotopic (exact) mass is 289 g/mol. The number of fused-ring (bicyclic) bond motifs is 2. The Hall–Kier alpha value is -1.96. The highest BCUT2D eigenvalue weighted by molar-refractivity contribution is 7.20. The highest BCUT2D eigenvalue weighted by Gasteiger charge is 2.23. The summed E-state index contributed by atoms with van der Waals surface area (Å²) < 4.78 is 4.07. The Morgan fingerprint density at radius 3 is 3.00 bits per heavy atom. The van der Waals surface area contributed by atoms with Gasteiger partial charge in [-0.05, 0) is 6.92 Å². The summed E-state index contributed by atoms with van der Waals surface area (Å²) in [5.41, 5.74) is 1.00. The minimum atomic E-state index is 0.767. The number of aryl methyl sites for hydroxylation is 2. The smallest absolute Gasteiger partial charge is 0.214 e. The lowest BCUT2D eigenvalue weighted by Gasteiger charge is -2.26. The second-order valence-corrected chi connectivity index (χ2v) is 5.89. The van der Waals surface area contributed by atoms with E-state index in [9.17, 15) is 0 Å². The third-order valence-electron chi connectivity index (χ3n) is 3.57. The molecule has 1 aliphatic heterocycles. The first kappa shape index (κ1) is 11.8. The number of rotatable bonds is 2.